The fourth-order valence-electron chi connectivity index (χ4n) is 2.21. The second-order valence-corrected chi connectivity index (χ2v) is 4.90. The lowest BCUT2D eigenvalue weighted by molar-refractivity contribution is 0.534. The number of guanidine groups is 1. The van der Waals surface area contributed by atoms with Crippen molar-refractivity contribution in [2.24, 2.45) is 22.2 Å². The summed E-state index contributed by atoms with van der Waals surface area (Å²) in [6.07, 6.45) is 4.16. The van der Waals surface area contributed by atoms with E-state index >= 15 is 0 Å². The molecule has 1 fully saturated rings. The molecule has 0 aromatic heterocycles. The maximum absolute atomic E-state index is 6.26. The Kier molecular flexibility index (Phi) is 2.31. The van der Waals surface area contributed by atoms with Gasteiger partial charge in [-0.3, -0.25) is 5.73 Å². The molecule has 7 N–H and O–H groups in total. The summed E-state index contributed by atoms with van der Waals surface area (Å²) in [5.74, 6) is 1.00. The number of rotatable bonds is 2. The van der Waals surface area contributed by atoms with E-state index in [1.807, 2.05) is 12.1 Å². The van der Waals surface area contributed by atoms with Crippen LogP contribution in [0, 0.1) is 0 Å². The largest absolute Gasteiger partial charge is 0.397 e. The third kappa shape index (κ3) is 1.73. The van der Waals surface area contributed by atoms with Gasteiger partial charge in [0.1, 0.15) is 0 Å². The third-order valence-corrected chi connectivity index (χ3v) is 3.51. The van der Waals surface area contributed by atoms with Gasteiger partial charge in [0.25, 0.3) is 0 Å². The van der Waals surface area contributed by atoms with Crippen LogP contribution in [0.4, 0.5) is 0 Å². The Labute approximate surface area is 106 Å². The molecule has 1 saturated carbocycles. The Morgan fingerprint density at radius 2 is 1.83 bits per heavy atom. The predicted molar refractivity (Wildman–Crippen MR) is 71.3 cm³/mol. The van der Waals surface area contributed by atoms with Gasteiger partial charge in [-0.15, -0.1) is 0 Å². The first-order chi connectivity index (χ1) is 8.59. The Bertz CT molecular complexity index is 527. The van der Waals surface area contributed by atoms with Crippen molar-refractivity contribution in [3.63, 3.8) is 0 Å². The molecule has 2 aliphatic rings. The molecule has 1 atom stereocenters. The van der Waals surface area contributed by atoms with Gasteiger partial charge in [0.2, 0.25) is 0 Å². The monoisotopic (exact) mass is 243 g/mol. The number of hydrogen-bond acceptors (Lipinski definition) is 5. The van der Waals surface area contributed by atoms with Crippen LogP contribution in [0.15, 0.2) is 41.2 Å². The van der Waals surface area contributed by atoms with Crippen molar-refractivity contribution in [2.75, 3.05) is 0 Å². The zero-order valence-electron chi connectivity index (χ0n) is 10.1. The number of nitrogens with zero attached hydrogens (tertiary/aromatic N) is 1. The highest BCUT2D eigenvalue weighted by Gasteiger charge is 2.33. The van der Waals surface area contributed by atoms with Gasteiger partial charge in [-0.2, -0.15) is 0 Å². The van der Waals surface area contributed by atoms with Crippen LogP contribution in [0.25, 0.3) is 0 Å². The van der Waals surface area contributed by atoms with Gasteiger partial charge in [0, 0.05) is 11.8 Å². The van der Waals surface area contributed by atoms with Crippen LogP contribution < -0.4 is 22.5 Å². The summed E-state index contributed by atoms with van der Waals surface area (Å²) in [6, 6.07) is 8.16. The molecule has 0 amide bonds. The Balaban J connectivity index is 1.97. The lowest BCUT2D eigenvalue weighted by Gasteiger charge is -2.29. The molecule has 0 spiro atoms. The lowest BCUT2D eigenvalue weighted by Crippen LogP contribution is -2.48. The minimum absolute atomic E-state index is 0.276. The summed E-state index contributed by atoms with van der Waals surface area (Å²) in [4.78, 5) is 4.22. The standard InChI is InChI=1S/C13H17N5/c14-11-7-17-12(15)18-13(11,16)10-5-3-9(4-6-10)8-1-2-8/h3-8H,1-2,14,16H2,(H3,15,17,18). The number of nitrogens with two attached hydrogens (primary N) is 3. The van der Waals surface area contributed by atoms with Crippen LogP contribution >= 0.6 is 0 Å². The molecular weight excluding hydrogens is 226 g/mol. The van der Waals surface area contributed by atoms with E-state index in [1.165, 1.54) is 18.4 Å². The van der Waals surface area contributed by atoms with Crippen molar-refractivity contribution < 1.29 is 0 Å². The smallest absolute Gasteiger partial charge is 0.195 e. The normalized spacial score (nSPS) is 27.2. The molecule has 1 unspecified atom stereocenters. The van der Waals surface area contributed by atoms with Gasteiger partial charge in [-0.05, 0) is 24.3 Å². The highest BCUT2D eigenvalue weighted by Crippen LogP contribution is 2.40. The molecule has 1 aliphatic heterocycles. The zero-order valence-corrected chi connectivity index (χ0v) is 10.1. The van der Waals surface area contributed by atoms with Gasteiger partial charge >= 0.3 is 0 Å². The highest BCUT2D eigenvalue weighted by atomic mass is 15.2. The minimum atomic E-state index is -1.06. The average Bonchev–Trinajstić information content (AvgIpc) is 3.19. The van der Waals surface area contributed by atoms with Gasteiger partial charge in [0.15, 0.2) is 11.6 Å². The van der Waals surface area contributed by atoms with Crippen LogP contribution in [0.5, 0.6) is 0 Å². The van der Waals surface area contributed by atoms with Gasteiger partial charge in [0.05, 0.1) is 5.70 Å². The SMILES string of the molecule is NC1=CNC(N)=NC1(N)c1ccc(C2CC2)cc1. The predicted octanol–water partition coefficient (Wildman–Crippen LogP) is 0.394. The van der Waals surface area contributed by atoms with Crippen molar-refractivity contribution in [1.82, 2.24) is 5.32 Å². The summed E-state index contributed by atoms with van der Waals surface area (Å²) in [5, 5.41) is 2.76. The van der Waals surface area contributed by atoms with Crippen molar-refractivity contribution in [1.29, 1.82) is 0 Å². The number of nitrogens with one attached hydrogen (secondary N) is 1. The molecule has 1 aromatic rings. The molecular formula is C13H17N5. The minimum Gasteiger partial charge on any atom is -0.397 e. The summed E-state index contributed by atoms with van der Waals surface area (Å²) >= 11 is 0. The van der Waals surface area contributed by atoms with Crippen molar-refractivity contribution in [2.45, 2.75) is 24.4 Å². The average molecular weight is 243 g/mol. The fourth-order valence-corrected chi connectivity index (χ4v) is 2.21. The van der Waals surface area contributed by atoms with Crippen LogP contribution in [-0.2, 0) is 5.66 Å². The first kappa shape index (κ1) is 11.1. The Hall–Kier alpha value is -2.01. The molecule has 3 rings (SSSR count). The quantitative estimate of drug-likeness (QED) is 0.603. The first-order valence-electron chi connectivity index (χ1n) is 6.07. The second-order valence-electron chi connectivity index (χ2n) is 4.90. The molecule has 0 bridgehead atoms. The zero-order chi connectivity index (χ0) is 12.8. The van der Waals surface area contributed by atoms with Crippen molar-refractivity contribution >= 4 is 5.96 Å². The van der Waals surface area contributed by atoms with E-state index in [-0.39, 0.29) is 5.96 Å². The van der Waals surface area contributed by atoms with E-state index in [4.69, 9.17) is 17.2 Å². The molecule has 5 heteroatoms. The maximum atomic E-state index is 6.26. The van der Waals surface area contributed by atoms with Crippen LogP contribution in [-0.4, -0.2) is 5.96 Å². The van der Waals surface area contributed by atoms with E-state index in [9.17, 15) is 0 Å². The summed E-state index contributed by atoms with van der Waals surface area (Å²) in [5.41, 5.74) is 19.4. The molecule has 1 aromatic carbocycles. The first-order valence-corrected chi connectivity index (χ1v) is 6.07. The number of aliphatic imine (C=N–C) groups is 1. The summed E-state index contributed by atoms with van der Waals surface area (Å²) in [7, 11) is 0. The van der Waals surface area contributed by atoms with Gasteiger partial charge in [-0.25, -0.2) is 4.99 Å². The van der Waals surface area contributed by atoms with E-state index < -0.39 is 5.66 Å². The number of hydrogen-bond donors (Lipinski definition) is 4. The second kappa shape index (κ2) is 3.74. The van der Waals surface area contributed by atoms with E-state index in [0.717, 1.165) is 11.5 Å². The van der Waals surface area contributed by atoms with Crippen LogP contribution in [0.3, 0.4) is 0 Å². The fraction of sp³-hybridized carbons (Fsp3) is 0.308. The third-order valence-electron chi connectivity index (χ3n) is 3.51. The molecule has 94 valence electrons. The Morgan fingerprint density at radius 1 is 1.17 bits per heavy atom. The molecule has 0 saturated heterocycles. The number of benzene rings is 1. The Morgan fingerprint density at radius 3 is 2.44 bits per heavy atom. The van der Waals surface area contributed by atoms with Crippen molar-refractivity contribution in [3.8, 4) is 0 Å². The lowest BCUT2D eigenvalue weighted by atomic mass is 9.95. The highest BCUT2D eigenvalue weighted by molar-refractivity contribution is 5.81. The molecule has 18 heavy (non-hydrogen) atoms. The topological polar surface area (TPSA) is 102 Å². The van der Waals surface area contributed by atoms with Gasteiger partial charge < -0.3 is 16.8 Å². The van der Waals surface area contributed by atoms with Crippen molar-refractivity contribution in [3.05, 3.63) is 47.3 Å². The molecule has 1 aliphatic carbocycles. The van der Waals surface area contributed by atoms with E-state index in [1.54, 1.807) is 6.20 Å². The molecule has 0 radical (unpaired) electrons. The van der Waals surface area contributed by atoms with E-state index in [2.05, 4.69) is 22.4 Å². The summed E-state index contributed by atoms with van der Waals surface area (Å²) in [6.45, 7) is 0. The molecule has 5 nitrogen and oxygen atoms in total. The van der Waals surface area contributed by atoms with Crippen LogP contribution in [0.2, 0.25) is 0 Å². The van der Waals surface area contributed by atoms with Crippen LogP contribution in [0.1, 0.15) is 29.9 Å². The maximum Gasteiger partial charge on any atom is 0.195 e. The molecule has 1 heterocycles. The summed E-state index contributed by atoms with van der Waals surface area (Å²) < 4.78 is 0. The van der Waals surface area contributed by atoms with Gasteiger partial charge in [-0.1, -0.05) is 24.3 Å². The van der Waals surface area contributed by atoms with E-state index in [0.29, 0.717) is 5.70 Å².